The molecular weight excluding hydrogens is 222 g/mol. The minimum atomic E-state index is 0.00729. The van der Waals surface area contributed by atoms with Crippen LogP contribution in [0.1, 0.15) is 43.4 Å². The summed E-state index contributed by atoms with van der Waals surface area (Å²) in [5.41, 5.74) is 3.03. The zero-order valence-electron chi connectivity index (χ0n) is 10.7. The molecule has 0 saturated heterocycles. The van der Waals surface area contributed by atoms with E-state index >= 15 is 0 Å². The molecule has 0 unspecified atom stereocenters. The van der Waals surface area contributed by atoms with Gasteiger partial charge >= 0.3 is 0 Å². The highest BCUT2D eigenvalue weighted by Gasteiger charge is 2.45. The number of hydrogen-bond donors (Lipinski definition) is 1. The standard InChI is InChI=1S/C16H19NO/c1-11(12(2)18)15-9-14(5-8-17-15)16-6-3-13(10-16)4-7-16/h5,8-9,13,18H,1-4,6-7,10H2. The number of hydrogen-bond acceptors (Lipinski definition) is 2. The third-order valence-electron chi connectivity index (χ3n) is 4.77. The summed E-state index contributed by atoms with van der Waals surface area (Å²) in [7, 11) is 0. The summed E-state index contributed by atoms with van der Waals surface area (Å²) in [5, 5.41) is 9.43. The molecule has 94 valence electrons. The maximum Gasteiger partial charge on any atom is 0.117 e. The van der Waals surface area contributed by atoms with Gasteiger partial charge in [0.05, 0.1) is 5.69 Å². The Balaban J connectivity index is 1.96. The fourth-order valence-corrected chi connectivity index (χ4v) is 3.67. The van der Waals surface area contributed by atoms with Crippen LogP contribution in [0.3, 0.4) is 0 Å². The van der Waals surface area contributed by atoms with Crippen LogP contribution in [0, 0.1) is 5.92 Å². The molecule has 0 amide bonds. The summed E-state index contributed by atoms with van der Waals surface area (Å²) >= 11 is 0. The van der Waals surface area contributed by atoms with Crippen molar-refractivity contribution in [3.63, 3.8) is 0 Å². The van der Waals surface area contributed by atoms with Gasteiger partial charge in [-0.3, -0.25) is 4.98 Å². The first-order valence-corrected chi connectivity index (χ1v) is 6.65. The van der Waals surface area contributed by atoms with Crippen molar-refractivity contribution in [1.29, 1.82) is 0 Å². The van der Waals surface area contributed by atoms with Crippen LogP contribution in [0.4, 0.5) is 0 Å². The van der Waals surface area contributed by atoms with Crippen molar-refractivity contribution in [3.8, 4) is 0 Å². The highest BCUT2D eigenvalue weighted by atomic mass is 16.3. The molecule has 1 aromatic rings. The Morgan fingerprint density at radius 2 is 2.06 bits per heavy atom. The van der Waals surface area contributed by atoms with Crippen molar-refractivity contribution >= 4 is 5.57 Å². The van der Waals surface area contributed by atoms with E-state index in [-0.39, 0.29) is 5.76 Å². The first kappa shape index (κ1) is 11.5. The Morgan fingerprint density at radius 1 is 1.33 bits per heavy atom. The number of pyridine rings is 1. The zero-order chi connectivity index (χ0) is 12.8. The third kappa shape index (κ3) is 1.67. The van der Waals surface area contributed by atoms with Crippen molar-refractivity contribution in [1.82, 2.24) is 4.98 Å². The first-order valence-electron chi connectivity index (χ1n) is 6.65. The van der Waals surface area contributed by atoms with E-state index in [4.69, 9.17) is 0 Å². The van der Waals surface area contributed by atoms with E-state index in [9.17, 15) is 5.11 Å². The van der Waals surface area contributed by atoms with E-state index in [0.29, 0.717) is 11.0 Å². The van der Waals surface area contributed by atoms with Crippen LogP contribution in [-0.2, 0) is 5.41 Å². The van der Waals surface area contributed by atoms with Crippen molar-refractivity contribution in [2.75, 3.05) is 0 Å². The Labute approximate surface area is 108 Å². The molecule has 0 radical (unpaired) electrons. The minimum absolute atomic E-state index is 0.00729. The number of nitrogens with zero attached hydrogens (tertiary/aromatic N) is 1. The van der Waals surface area contributed by atoms with Crippen molar-refractivity contribution in [2.45, 2.75) is 37.5 Å². The van der Waals surface area contributed by atoms with Gasteiger partial charge in [-0.15, -0.1) is 0 Å². The van der Waals surface area contributed by atoms with Gasteiger partial charge < -0.3 is 5.11 Å². The molecule has 2 saturated carbocycles. The van der Waals surface area contributed by atoms with Crippen LogP contribution < -0.4 is 0 Å². The predicted molar refractivity (Wildman–Crippen MR) is 73.3 cm³/mol. The van der Waals surface area contributed by atoms with Crippen molar-refractivity contribution < 1.29 is 5.11 Å². The number of allylic oxidation sites excluding steroid dienone is 1. The topological polar surface area (TPSA) is 33.1 Å². The van der Waals surface area contributed by atoms with E-state index in [2.05, 4.69) is 30.3 Å². The fraction of sp³-hybridized carbons (Fsp3) is 0.438. The number of aromatic nitrogens is 1. The van der Waals surface area contributed by atoms with Gasteiger partial charge in [-0.05, 0) is 61.1 Å². The minimum Gasteiger partial charge on any atom is -0.508 e. The van der Waals surface area contributed by atoms with Gasteiger partial charge in [0.15, 0.2) is 0 Å². The lowest BCUT2D eigenvalue weighted by Gasteiger charge is -2.27. The number of aliphatic hydroxyl groups is 1. The Morgan fingerprint density at radius 3 is 2.61 bits per heavy atom. The Kier molecular flexibility index (Phi) is 2.54. The number of fused-ring (bicyclic) bond motifs is 2. The van der Waals surface area contributed by atoms with Crippen LogP contribution in [-0.4, -0.2) is 10.1 Å². The molecule has 2 fully saturated rings. The summed E-state index contributed by atoms with van der Waals surface area (Å²) in [6, 6.07) is 4.22. The lowest BCUT2D eigenvalue weighted by molar-refractivity contribution is 0.418. The maximum atomic E-state index is 9.43. The van der Waals surface area contributed by atoms with Gasteiger partial charge in [-0.1, -0.05) is 13.2 Å². The zero-order valence-corrected chi connectivity index (χ0v) is 10.7. The van der Waals surface area contributed by atoms with Crippen LogP contribution in [0.25, 0.3) is 5.57 Å². The molecule has 1 N–H and O–H groups in total. The van der Waals surface area contributed by atoms with Crippen LogP contribution in [0.2, 0.25) is 0 Å². The monoisotopic (exact) mass is 241 g/mol. The molecule has 2 aliphatic rings. The molecule has 18 heavy (non-hydrogen) atoms. The Bertz CT molecular complexity index is 510. The maximum absolute atomic E-state index is 9.43. The van der Waals surface area contributed by atoms with E-state index in [1.54, 1.807) is 0 Å². The highest BCUT2D eigenvalue weighted by molar-refractivity contribution is 5.72. The van der Waals surface area contributed by atoms with Crippen molar-refractivity contribution in [2.24, 2.45) is 5.92 Å². The lowest BCUT2D eigenvalue weighted by Crippen LogP contribution is -2.19. The summed E-state index contributed by atoms with van der Waals surface area (Å²) < 4.78 is 0. The SMILES string of the molecule is C=C(O)C(=C)c1cc(C23CCC(CC2)C3)ccn1. The van der Waals surface area contributed by atoms with E-state index < -0.39 is 0 Å². The van der Waals surface area contributed by atoms with Gasteiger partial charge in [-0.25, -0.2) is 0 Å². The second-order valence-corrected chi connectivity index (χ2v) is 5.78. The van der Waals surface area contributed by atoms with E-state index in [1.165, 1.54) is 37.7 Å². The molecule has 3 rings (SSSR count). The summed E-state index contributed by atoms with van der Waals surface area (Å²) in [4.78, 5) is 4.29. The average molecular weight is 241 g/mol. The molecule has 1 aromatic heterocycles. The lowest BCUT2D eigenvalue weighted by atomic mass is 9.78. The molecule has 2 nitrogen and oxygen atoms in total. The average Bonchev–Trinajstić information content (AvgIpc) is 2.99. The number of rotatable bonds is 3. The molecule has 0 spiro atoms. The normalized spacial score (nSPS) is 29.4. The second-order valence-electron chi connectivity index (χ2n) is 5.78. The van der Waals surface area contributed by atoms with Gasteiger partial charge in [0.1, 0.15) is 5.76 Å². The van der Waals surface area contributed by atoms with Crippen LogP contribution >= 0.6 is 0 Å². The van der Waals surface area contributed by atoms with Crippen LogP contribution in [0.5, 0.6) is 0 Å². The summed E-state index contributed by atoms with van der Waals surface area (Å²) in [5.74, 6) is 0.936. The molecule has 0 aliphatic heterocycles. The van der Waals surface area contributed by atoms with Gasteiger partial charge in [0.2, 0.25) is 0 Å². The second kappa shape index (κ2) is 3.98. The van der Waals surface area contributed by atoms with E-state index in [1.807, 2.05) is 6.20 Å². The molecular formula is C16H19NO. The molecule has 1 heterocycles. The number of aliphatic hydroxyl groups excluding tert-OH is 1. The first-order chi connectivity index (χ1) is 8.61. The molecule has 2 heteroatoms. The summed E-state index contributed by atoms with van der Waals surface area (Å²) in [6.45, 7) is 7.36. The predicted octanol–water partition coefficient (Wildman–Crippen LogP) is 4.00. The molecule has 2 aliphatic carbocycles. The van der Waals surface area contributed by atoms with Gasteiger partial charge in [0, 0.05) is 11.8 Å². The quantitative estimate of drug-likeness (QED) is 0.641. The smallest absolute Gasteiger partial charge is 0.117 e. The van der Waals surface area contributed by atoms with Crippen LogP contribution in [0.15, 0.2) is 37.2 Å². The van der Waals surface area contributed by atoms with Crippen molar-refractivity contribution in [3.05, 3.63) is 48.5 Å². The third-order valence-corrected chi connectivity index (χ3v) is 4.77. The van der Waals surface area contributed by atoms with E-state index in [0.717, 1.165) is 11.6 Å². The molecule has 0 atom stereocenters. The Hall–Kier alpha value is -1.57. The summed E-state index contributed by atoms with van der Waals surface area (Å²) in [6.07, 6.45) is 8.49. The van der Waals surface area contributed by atoms with Gasteiger partial charge in [-0.2, -0.15) is 0 Å². The highest BCUT2D eigenvalue weighted by Crippen LogP contribution is 2.55. The fourth-order valence-electron chi connectivity index (χ4n) is 3.67. The molecule has 2 bridgehead atoms. The molecule has 0 aromatic carbocycles. The largest absolute Gasteiger partial charge is 0.508 e. The van der Waals surface area contributed by atoms with Gasteiger partial charge in [0.25, 0.3) is 0 Å².